The predicted octanol–water partition coefficient (Wildman–Crippen LogP) is 0.890. The van der Waals surface area contributed by atoms with E-state index in [4.69, 9.17) is 11.6 Å². The molecular formula is C14H18ClN3O2. The molecule has 1 aliphatic rings. The number of carbonyl (C=O) groups is 2. The quantitative estimate of drug-likeness (QED) is 0.869. The minimum Gasteiger partial charge on any atom is -0.312 e. The minimum absolute atomic E-state index is 0.224. The predicted molar refractivity (Wildman–Crippen MR) is 77.8 cm³/mol. The van der Waals surface area contributed by atoms with E-state index >= 15 is 0 Å². The number of nitrogens with zero attached hydrogens (tertiary/aromatic N) is 1. The van der Waals surface area contributed by atoms with Gasteiger partial charge in [-0.25, -0.2) is 0 Å². The van der Waals surface area contributed by atoms with Crippen molar-refractivity contribution in [2.24, 2.45) is 0 Å². The summed E-state index contributed by atoms with van der Waals surface area (Å²) in [6.45, 7) is 4.75. The average Bonchev–Trinajstić information content (AvgIpc) is 2.38. The van der Waals surface area contributed by atoms with Gasteiger partial charge in [0, 0.05) is 25.7 Å². The van der Waals surface area contributed by atoms with Gasteiger partial charge in [-0.15, -0.1) is 0 Å². The van der Waals surface area contributed by atoms with Gasteiger partial charge in [-0.3, -0.25) is 19.8 Å². The second-order valence-electron chi connectivity index (χ2n) is 4.95. The number of piperazine rings is 1. The number of nitrogens with one attached hydrogen (secondary N) is 2. The molecule has 1 aliphatic heterocycles. The summed E-state index contributed by atoms with van der Waals surface area (Å²) >= 11 is 5.92. The number of hydrogen-bond donors (Lipinski definition) is 2. The molecule has 2 amide bonds. The highest BCUT2D eigenvalue weighted by molar-refractivity contribution is 6.34. The van der Waals surface area contributed by atoms with Crippen LogP contribution in [0.15, 0.2) is 24.3 Å². The Kier molecular flexibility index (Phi) is 5.11. The smallest absolute Gasteiger partial charge is 0.259 e. The van der Waals surface area contributed by atoms with Crippen LogP contribution in [0.4, 0.5) is 0 Å². The molecule has 1 saturated heterocycles. The molecule has 108 valence electrons. The maximum Gasteiger partial charge on any atom is 0.259 e. The fraction of sp³-hybridized carbons (Fsp3) is 0.429. The van der Waals surface area contributed by atoms with Crippen LogP contribution in [0, 0.1) is 0 Å². The lowest BCUT2D eigenvalue weighted by Crippen LogP contribution is -2.52. The van der Waals surface area contributed by atoms with Crippen molar-refractivity contribution in [3.63, 3.8) is 0 Å². The van der Waals surface area contributed by atoms with E-state index in [1.807, 2.05) is 4.90 Å². The van der Waals surface area contributed by atoms with Crippen LogP contribution in [0.5, 0.6) is 0 Å². The zero-order valence-corrected chi connectivity index (χ0v) is 12.1. The number of amides is 2. The number of carbonyl (C=O) groups excluding carboxylic acids is 2. The molecule has 1 heterocycles. The molecule has 1 aromatic carbocycles. The van der Waals surface area contributed by atoms with E-state index in [-0.39, 0.29) is 12.5 Å². The van der Waals surface area contributed by atoms with Gasteiger partial charge in [0.2, 0.25) is 5.91 Å². The highest BCUT2D eigenvalue weighted by atomic mass is 35.5. The van der Waals surface area contributed by atoms with Crippen LogP contribution in [0.2, 0.25) is 5.02 Å². The molecule has 2 N–H and O–H groups in total. The van der Waals surface area contributed by atoms with Gasteiger partial charge in [0.25, 0.3) is 5.91 Å². The molecule has 6 heteroatoms. The third-order valence-electron chi connectivity index (χ3n) is 3.19. The summed E-state index contributed by atoms with van der Waals surface area (Å²) < 4.78 is 0. The van der Waals surface area contributed by atoms with Gasteiger partial charge in [0.15, 0.2) is 0 Å². The summed E-state index contributed by atoms with van der Waals surface area (Å²) in [5.41, 5.74) is 0.316. The fourth-order valence-corrected chi connectivity index (χ4v) is 2.46. The van der Waals surface area contributed by atoms with E-state index in [0.717, 1.165) is 19.6 Å². The molecule has 0 spiro atoms. The van der Waals surface area contributed by atoms with Crippen LogP contribution < -0.4 is 10.6 Å². The molecule has 0 aromatic heterocycles. The summed E-state index contributed by atoms with van der Waals surface area (Å²) in [7, 11) is 0. The van der Waals surface area contributed by atoms with Gasteiger partial charge in [0.1, 0.15) is 0 Å². The normalized spacial score (nSPS) is 19.6. The Hall–Kier alpha value is -1.43. The van der Waals surface area contributed by atoms with Crippen molar-refractivity contribution in [3.8, 4) is 0 Å². The maximum atomic E-state index is 11.9. The molecule has 2 rings (SSSR count). The Morgan fingerprint density at radius 1 is 1.45 bits per heavy atom. The lowest BCUT2D eigenvalue weighted by Gasteiger charge is -2.31. The topological polar surface area (TPSA) is 61.4 Å². The summed E-state index contributed by atoms with van der Waals surface area (Å²) in [6.07, 6.45) is 0. The number of halogens is 1. The van der Waals surface area contributed by atoms with Crippen molar-refractivity contribution in [2.45, 2.75) is 13.0 Å². The van der Waals surface area contributed by atoms with Gasteiger partial charge in [0.05, 0.1) is 17.1 Å². The van der Waals surface area contributed by atoms with Crippen molar-refractivity contribution < 1.29 is 9.59 Å². The van der Waals surface area contributed by atoms with Gasteiger partial charge in [-0.1, -0.05) is 23.7 Å². The Labute approximate surface area is 123 Å². The highest BCUT2D eigenvalue weighted by Gasteiger charge is 2.19. The number of imide groups is 1. The largest absolute Gasteiger partial charge is 0.312 e. The van der Waals surface area contributed by atoms with Crippen LogP contribution in [0.25, 0.3) is 0 Å². The molecule has 0 radical (unpaired) electrons. The van der Waals surface area contributed by atoms with Gasteiger partial charge in [-0.2, -0.15) is 0 Å². The molecule has 1 unspecified atom stereocenters. The Balaban J connectivity index is 1.88. The summed E-state index contributed by atoms with van der Waals surface area (Å²) in [4.78, 5) is 25.8. The van der Waals surface area contributed by atoms with Gasteiger partial charge in [-0.05, 0) is 19.1 Å². The fourth-order valence-electron chi connectivity index (χ4n) is 2.24. The Morgan fingerprint density at radius 3 is 2.90 bits per heavy atom. The third kappa shape index (κ3) is 4.03. The van der Waals surface area contributed by atoms with Crippen LogP contribution >= 0.6 is 11.6 Å². The third-order valence-corrected chi connectivity index (χ3v) is 3.52. The first-order valence-electron chi connectivity index (χ1n) is 6.60. The van der Waals surface area contributed by atoms with E-state index in [1.165, 1.54) is 0 Å². The van der Waals surface area contributed by atoms with Crippen molar-refractivity contribution >= 4 is 23.4 Å². The van der Waals surface area contributed by atoms with E-state index in [9.17, 15) is 9.59 Å². The van der Waals surface area contributed by atoms with Crippen LogP contribution in [-0.2, 0) is 4.79 Å². The maximum absolute atomic E-state index is 11.9. The molecular weight excluding hydrogens is 278 g/mol. The lowest BCUT2D eigenvalue weighted by atomic mass is 10.2. The zero-order chi connectivity index (χ0) is 14.5. The number of benzene rings is 1. The standard InChI is InChI=1S/C14H18ClN3O2/c1-10-8-18(7-6-16-10)9-13(19)17-14(20)11-4-2-3-5-12(11)15/h2-5,10,16H,6-9H2,1H3,(H,17,19,20). The average molecular weight is 296 g/mol. The first-order valence-corrected chi connectivity index (χ1v) is 6.98. The van der Waals surface area contributed by atoms with Crippen molar-refractivity contribution in [1.29, 1.82) is 0 Å². The first-order chi connectivity index (χ1) is 9.56. The molecule has 1 fully saturated rings. The van der Waals surface area contributed by atoms with E-state index in [1.54, 1.807) is 24.3 Å². The summed E-state index contributed by atoms with van der Waals surface area (Å²) in [5, 5.41) is 6.02. The van der Waals surface area contributed by atoms with Crippen LogP contribution in [0.1, 0.15) is 17.3 Å². The minimum atomic E-state index is -0.455. The van der Waals surface area contributed by atoms with Gasteiger partial charge >= 0.3 is 0 Å². The van der Waals surface area contributed by atoms with Crippen molar-refractivity contribution in [2.75, 3.05) is 26.2 Å². The van der Waals surface area contributed by atoms with Crippen LogP contribution in [0.3, 0.4) is 0 Å². The SMILES string of the molecule is CC1CN(CC(=O)NC(=O)c2ccccc2Cl)CCN1. The Bertz CT molecular complexity index is 507. The Morgan fingerprint density at radius 2 is 2.20 bits per heavy atom. The van der Waals surface area contributed by atoms with Gasteiger partial charge < -0.3 is 5.32 Å². The molecule has 1 aromatic rings. The van der Waals surface area contributed by atoms with Crippen molar-refractivity contribution in [3.05, 3.63) is 34.9 Å². The summed E-state index contributed by atoms with van der Waals surface area (Å²) in [6, 6.07) is 7.03. The zero-order valence-electron chi connectivity index (χ0n) is 11.4. The molecule has 0 bridgehead atoms. The van der Waals surface area contributed by atoms with Crippen LogP contribution in [-0.4, -0.2) is 48.9 Å². The molecule has 20 heavy (non-hydrogen) atoms. The number of hydrogen-bond acceptors (Lipinski definition) is 4. The van der Waals surface area contributed by atoms with E-state index in [2.05, 4.69) is 17.6 Å². The molecule has 5 nitrogen and oxygen atoms in total. The van der Waals surface area contributed by atoms with E-state index < -0.39 is 5.91 Å². The van der Waals surface area contributed by atoms with E-state index in [0.29, 0.717) is 16.6 Å². The second-order valence-corrected chi connectivity index (χ2v) is 5.35. The monoisotopic (exact) mass is 295 g/mol. The van der Waals surface area contributed by atoms with Crippen molar-refractivity contribution in [1.82, 2.24) is 15.5 Å². The first kappa shape index (κ1) is 15.0. The molecule has 0 saturated carbocycles. The summed E-state index contributed by atoms with van der Waals surface area (Å²) in [5.74, 6) is -0.757. The highest BCUT2D eigenvalue weighted by Crippen LogP contribution is 2.14. The molecule has 0 aliphatic carbocycles. The molecule has 1 atom stereocenters. The second kappa shape index (κ2) is 6.83. The number of rotatable bonds is 3. The lowest BCUT2D eigenvalue weighted by molar-refractivity contribution is -0.121.